The largest absolute Gasteiger partial charge is 0.511 e. The number of aliphatic hydroxyl groups excluding tert-OH is 1. The minimum absolute atomic E-state index is 0.0352. The minimum atomic E-state index is -0.328. The third kappa shape index (κ3) is 5.64. The number of hydrogen-bond donors (Lipinski definition) is 1. The number of Topliss-reactive ketones (excluding diaryl/α,β-unsaturated/α-hetero) is 1. The third-order valence-electron chi connectivity index (χ3n) is 6.97. The highest BCUT2D eigenvalue weighted by Crippen LogP contribution is 2.36. The maximum absolute atomic E-state index is 13.1. The van der Waals surface area contributed by atoms with E-state index in [-0.39, 0.29) is 47.3 Å². The molecule has 2 aromatic rings. The van der Waals surface area contributed by atoms with Crippen LogP contribution in [0.15, 0.2) is 58.8 Å². The Hall–Kier alpha value is -3.94. The van der Waals surface area contributed by atoms with Crippen LogP contribution in [-0.4, -0.2) is 60.6 Å². The molecule has 2 aromatic carbocycles. The fourth-order valence-electron chi connectivity index (χ4n) is 5.08. The molecule has 1 heterocycles. The van der Waals surface area contributed by atoms with E-state index in [2.05, 4.69) is 0 Å². The van der Waals surface area contributed by atoms with E-state index in [4.69, 9.17) is 14.5 Å². The quantitative estimate of drug-likeness (QED) is 0.286. The second kappa shape index (κ2) is 11.2. The van der Waals surface area contributed by atoms with Crippen LogP contribution in [0, 0.1) is 5.41 Å². The summed E-state index contributed by atoms with van der Waals surface area (Å²) < 4.78 is 10.7. The SMILES string of the molecule is COc1ccc(CCN=C2CC(C)(C)CC(=O)/C2=C(\O)CCCN2C(=O)c3ccccc3C2=O)cc1OC. The molecule has 8 heteroatoms. The Bertz CT molecular complexity index is 1290. The average molecular weight is 519 g/mol. The predicted octanol–water partition coefficient (Wildman–Crippen LogP) is 4.96. The van der Waals surface area contributed by atoms with Crippen LogP contribution in [0.3, 0.4) is 0 Å². The van der Waals surface area contributed by atoms with Crippen LogP contribution in [0.5, 0.6) is 11.5 Å². The molecule has 0 unspecified atom stereocenters. The number of aliphatic imine (C=N–C) groups is 1. The number of fused-ring (bicyclic) bond motifs is 1. The highest BCUT2D eigenvalue weighted by Gasteiger charge is 2.37. The number of amides is 2. The Labute approximate surface area is 223 Å². The Morgan fingerprint density at radius 1 is 0.974 bits per heavy atom. The van der Waals surface area contributed by atoms with E-state index in [1.54, 1.807) is 38.5 Å². The van der Waals surface area contributed by atoms with Crippen LogP contribution in [0.2, 0.25) is 0 Å². The highest BCUT2D eigenvalue weighted by atomic mass is 16.5. The Balaban J connectivity index is 1.46. The minimum Gasteiger partial charge on any atom is -0.511 e. The van der Waals surface area contributed by atoms with Crippen molar-refractivity contribution in [2.45, 2.75) is 46.0 Å². The maximum atomic E-state index is 13.1. The van der Waals surface area contributed by atoms with Crippen LogP contribution < -0.4 is 9.47 Å². The first-order chi connectivity index (χ1) is 18.1. The van der Waals surface area contributed by atoms with Crippen LogP contribution in [0.1, 0.15) is 65.8 Å². The lowest BCUT2D eigenvalue weighted by Gasteiger charge is -2.31. The van der Waals surface area contributed by atoms with Crippen molar-refractivity contribution in [3.05, 3.63) is 70.5 Å². The van der Waals surface area contributed by atoms with Gasteiger partial charge in [0.15, 0.2) is 17.3 Å². The van der Waals surface area contributed by atoms with E-state index < -0.39 is 0 Å². The molecule has 0 atom stereocenters. The summed E-state index contributed by atoms with van der Waals surface area (Å²) in [5.41, 5.74) is 2.43. The zero-order valence-corrected chi connectivity index (χ0v) is 22.4. The van der Waals surface area contributed by atoms with Crippen molar-refractivity contribution in [3.63, 3.8) is 0 Å². The molecule has 1 aliphatic heterocycles. The molecule has 1 fully saturated rings. The molecule has 200 valence electrons. The van der Waals surface area contributed by atoms with Gasteiger partial charge in [-0.05, 0) is 54.5 Å². The van der Waals surface area contributed by atoms with E-state index in [0.717, 1.165) is 5.56 Å². The zero-order valence-electron chi connectivity index (χ0n) is 22.4. The summed E-state index contributed by atoms with van der Waals surface area (Å²) in [6.45, 7) is 4.64. The summed E-state index contributed by atoms with van der Waals surface area (Å²) in [5, 5.41) is 11.0. The van der Waals surface area contributed by atoms with E-state index in [1.165, 1.54) is 4.90 Å². The third-order valence-corrected chi connectivity index (χ3v) is 6.97. The van der Waals surface area contributed by atoms with Crippen LogP contribution >= 0.6 is 0 Å². The second-order valence-electron chi connectivity index (χ2n) is 10.4. The molecule has 8 nitrogen and oxygen atoms in total. The van der Waals surface area contributed by atoms with Gasteiger partial charge in [0, 0.05) is 31.6 Å². The van der Waals surface area contributed by atoms with Gasteiger partial charge in [-0.1, -0.05) is 32.0 Å². The summed E-state index contributed by atoms with van der Waals surface area (Å²) in [7, 11) is 3.18. The van der Waals surface area contributed by atoms with E-state index in [0.29, 0.717) is 60.6 Å². The number of benzene rings is 2. The second-order valence-corrected chi connectivity index (χ2v) is 10.4. The molecule has 1 N–H and O–H groups in total. The summed E-state index contributed by atoms with van der Waals surface area (Å²) in [4.78, 5) is 44.3. The van der Waals surface area contributed by atoms with Gasteiger partial charge in [0.25, 0.3) is 11.8 Å². The number of carbonyl (C=O) groups is 3. The fourth-order valence-corrected chi connectivity index (χ4v) is 5.08. The van der Waals surface area contributed by atoms with Gasteiger partial charge < -0.3 is 14.6 Å². The number of aliphatic hydroxyl groups is 1. The van der Waals surface area contributed by atoms with Gasteiger partial charge in [-0.25, -0.2) is 0 Å². The Kier molecular flexibility index (Phi) is 7.99. The van der Waals surface area contributed by atoms with Crippen molar-refractivity contribution < 1.29 is 29.0 Å². The summed E-state index contributed by atoms with van der Waals surface area (Å²) in [5.74, 6) is 0.467. The molecular weight excluding hydrogens is 484 g/mol. The first-order valence-electron chi connectivity index (χ1n) is 12.8. The topological polar surface area (TPSA) is 106 Å². The smallest absolute Gasteiger partial charge is 0.261 e. The number of imide groups is 1. The Morgan fingerprint density at radius 2 is 1.63 bits per heavy atom. The lowest BCUT2D eigenvalue weighted by Crippen LogP contribution is -2.33. The van der Waals surface area contributed by atoms with Gasteiger partial charge in [0.05, 0.1) is 30.9 Å². The van der Waals surface area contributed by atoms with Crippen molar-refractivity contribution in [2.24, 2.45) is 10.4 Å². The summed E-state index contributed by atoms with van der Waals surface area (Å²) in [6.07, 6.45) is 2.04. The molecule has 2 amide bonds. The normalized spacial score (nSPS) is 19.1. The highest BCUT2D eigenvalue weighted by molar-refractivity contribution is 6.24. The molecular formula is C30H34N2O6. The lowest BCUT2D eigenvalue weighted by molar-refractivity contribution is -0.117. The number of carbonyl (C=O) groups excluding carboxylic acids is 3. The Morgan fingerprint density at radius 3 is 2.26 bits per heavy atom. The van der Waals surface area contributed by atoms with Crippen molar-refractivity contribution in [3.8, 4) is 11.5 Å². The van der Waals surface area contributed by atoms with Crippen LogP contribution in [-0.2, 0) is 11.2 Å². The molecule has 0 spiro atoms. The van der Waals surface area contributed by atoms with Gasteiger partial charge in [-0.15, -0.1) is 0 Å². The maximum Gasteiger partial charge on any atom is 0.261 e. The van der Waals surface area contributed by atoms with Gasteiger partial charge in [0.2, 0.25) is 0 Å². The van der Waals surface area contributed by atoms with Gasteiger partial charge in [-0.3, -0.25) is 24.3 Å². The van der Waals surface area contributed by atoms with Crippen LogP contribution in [0.25, 0.3) is 0 Å². The predicted molar refractivity (Wildman–Crippen MR) is 144 cm³/mol. The summed E-state index contributed by atoms with van der Waals surface area (Å²) >= 11 is 0. The number of hydrogen-bond acceptors (Lipinski definition) is 7. The molecule has 1 aliphatic carbocycles. The first kappa shape index (κ1) is 27.1. The monoisotopic (exact) mass is 518 g/mol. The molecule has 38 heavy (non-hydrogen) atoms. The number of nitrogens with zero attached hydrogens (tertiary/aromatic N) is 2. The van der Waals surface area contributed by atoms with Gasteiger partial charge >= 0.3 is 0 Å². The van der Waals surface area contributed by atoms with Crippen molar-refractivity contribution in [2.75, 3.05) is 27.3 Å². The number of ketones is 1. The molecule has 0 radical (unpaired) electrons. The van der Waals surface area contributed by atoms with Crippen molar-refractivity contribution in [1.29, 1.82) is 0 Å². The van der Waals surface area contributed by atoms with E-state index in [1.807, 2.05) is 32.0 Å². The molecule has 0 bridgehead atoms. The van der Waals surface area contributed by atoms with Crippen LogP contribution in [0.4, 0.5) is 0 Å². The van der Waals surface area contributed by atoms with Gasteiger partial charge in [-0.2, -0.15) is 0 Å². The fraction of sp³-hybridized carbons (Fsp3) is 0.400. The molecule has 0 aromatic heterocycles. The number of methoxy groups -OCH3 is 2. The molecule has 2 aliphatic rings. The molecule has 4 rings (SSSR count). The lowest BCUT2D eigenvalue weighted by atomic mass is 9.73. The van der Waals surface area contributed by atoms with Crippen molar-refractivity contribution >= 4 is 23.3 Å². The standard InChI is InChI=1S/C30H34N2O6/c1-30(2)17-22(31-14-13-19-11-12-25(37-3)26(16-19)38-4)27(24(34)18-30)23(33)10-7-15-32-28(35)20-8-5-6-9-21(20)29(32)36/h5-6,8-9,11-12,16,33H,7,10,13-15,17-18H2,1-4H3/b27-23-,31-22?. The molecule has 1 saturated carbocycles. The number of allylic oxidation sites excluding steroid dienone is 2. The van der Waals surface area contributed by atoms with E-state index >= 15 is 0 Å². The average Bonchev–Trinajstić information content (AvgIpc) is 3.12. The number of rotatable bonds is 9. The van der Waals surface area contributed by atoms with Gasteiger partial charge in [0.1, 0.15) is 5.76 Å². The first-order valence-corrected chi connectivity index (χ1v) is 12.8. The van der Waals surface area contributed by atoms with E-state index in [9.17, 15) is 19.5 Å². The number of ether oxygens (including phenoxy) is 2. The van der Waals surface area contributed by atoms with Crippen molar-refractivity contribution in [1.82, 2.24) is 4.90 Å². The molecule has 0 saturated heterocycles. The summed E-state index contributed by atoms with van der Waals surface area (Å²) in [6, 6.07) is 12.4. The zero-order chi connectivity index (χ0) is 27.4.